The van der Waals surface area contributed by atoms with Gasteiger partial charge in [0.25, 0.3) is 5.56 Å². The number of rotatable bonds is 4. The summed E-state index contributed by atoms with van der Waals surface area (Å²) in [7, 11) is 0. The van der Waals surface area contributed by atoms with Gasteiger partial charge in [-0.3, -0.25) is 14.2 Å². The van der Waals surface area contributed by atoms with Gasteiger partial charge in [0.15, 0.2) is 0 Å². The number of carbonyl (C=O) groups is 1. The average molecular weight is 317 g/mol. The topological polar surface area (TPSA) is 87.8 Å². The number of anilines is 1. The van der Waals surface area contributed by atoms with Gasteiger partial charge in [-0.15, -0.1) is 0 Å². The van der Waals surface area contributed by atoms with Gasteiger partial charge in [0, 0.05) is 16.8 Å². The van der Waals surface area contributed by atoms with E-state index < -0.39 is 5.91 Å². The Balaban J connectivity index is 2.16. The molecular formula is C15H13ClN4O2. The lowest BCUT2D eigenvalue weighted by Gasteiger charge is -2.09. The van der Waals surface area contributed by atoms with Crippen LogP contribution in [0.25, 0.3) is 0 Å². The Bertz CT molecular complexity index is 808. The summed E-state index contributed by atoms with van der Waals surface area (Å²) in [5.74, 6) is -0.438. The number of benzene rings is 1. The first-order valence-electron chi connectivity index (χ1n) is 6.58. The van der Waals surface area contributed by atoms with Gasteiger partial charge in [0.1, 0.15) is 12.6 Å². The second kappa shape index (κ2) is 6.87. The van der Waals surface area contributed by atoms with E-state index in [-0.39, 0.29) is 12.1 Å². The fraction of sp³-hybridized carbons (Fsp3) is 0.200. The highest BCUT2D eigenvalue weighted by atomic mass is 35.5. The minimum Gasteiger partial charge on any atom is -0.323 e. The lowest BCUT2D eigenvalue weighted by molar-refractivity contribution is -0.116. The standard InChI is InChI=1S/C15H13ClN4O2/c1-2-12-6-15(22)20(9-18-12)8-14(21)19-13-5-11(16)4-3-10(13)7-17/h3-6,9H,2,8H2,1H3,(H,19,21). The maximum absolute atomic E-state index is 12.0. The predicted molar refractivity (Wildman–Crippen MR) is 82.7 cm³/mol. The van der Waals surface area contributed by atoms with Crippen molar-refractivity contribution in [1.82, 2.24) is 9.55 Å². The van der Waals surface area contributed by atoms with Crippen molar-refractivity contribution in [3.8, 4) is 6.07 Å². The Kier molecular flexibility index (Phi) is 4.92. The predicted octanol–water partition coefficient (Wildman–Crippen LogP) is 1.97. The summed E-state index contributed by atoms with van der Waals surface area (Å²) in [5.41, 5.74) is 0.979. The Morgan fingerprint density at radius 1 is 1.45 bits per heavy atom. The Morgan fingerprint density at radius 2 is 2.23 bits per heavy atom. The van der Waals surface area contributed by atoms with Gasteiger partial charge in [-0.05, 0) is 24.6 Å². The molecule has 0 bridgehead atoms. The van der Waals surface area contributed by atoms with E-state index in [4.69, 9.17) is 16.9 Å². The molecule has 1 heterocycles. The third kappa shape index (κ3) is 3.71. The highest BCUT2D eigenvalue weighted by Gasteiger charge is 2.09. The van der Waals surface area contributed by atoms with E-state index >= 15 is 0 Å². The molecule has 0 radical (unpaired) electrons. The van der Waals surface area contributed by atoms with Crippen molar-refractivity contribution in [3.05, 3.63) is 57.2 Å². The first-order chi connectivity index (χ1) is 10.5. The van der Waals surface area contributed by atoms with Gasteiger partial charge in [-0.2, -0.15) is 5.26 Å². The van der Waals surface area contributed by atoms with Crippen LogP contribution in [-0.2, 0) is 17.8 Å². The monoisotopic (exact) mass is 316 g/mol. The number of nitrogens with one attached hydrogen (secondary N) is 1. The van der Waals surface area contributed by atoms with Crippen LogP contribution in [0.3, 0.4) is 0 Å². The Hall–Kier alpha value is -2.65. The van der Waals surface area contributed by atoms with E-state index in [0.717, 1.165) is 0 Å². The molecule has 1 N–H and O–H groups in total. The van der Waals surface area contributed by atoms with Crippen molar-refractivity contribution in [2.75, 3.05) is 5.32 Å². The Labute approximate surface area is 132 Å². The van der Waals surface area contributed by atoms with Gasteiger partial charge >= 0.3 is 0 Å². The van der Waals surface area contributed by atoms with Crippen LogP contribution in [0.15, 0.2) is 35.4 Å². The molecule has 0 fully saturated rings. The molecule has 6 nitrogen and oxygen atoms in total. The molecule has 0 aliphatic carbocycles. The molecule has 0 saturated carbocycles. The highest BCUT2D eigenvalue weighted by Crippen LogP contribution is 2.20. The molecule has 112 valence electrons. The molecule has 0 atom stereocenters. The van der Waals surface area contributed by atoms with Gasteiger partial charge in [0.05, 0.1) is 17.6 Å². The third-order valence-electron chi connectivity index (χ3n) is 2.99. The second-order valence-corrected chi connectivity index (χ2v) is 4.99. The molecule has 0 aliphatic heterocycles. The summed E-state index contributed by atoms with van der Waals surface area (Å²) in [6, 6.07) is 7.92. The van der Waals surface area contributed by atoms with E-state index in [9.17, 15) is 9.59 Å². The SMILES string of the molecule is CCc1cc(=O)n(CC(=O)Nc2cc(Cl)ccc2C#N)cn1. The quantitative estimate of drug-likeness (QED) is 0.934. The largest absolute Gasteiger partial charge is 0.323 e. The van der Waals surface area contributed by atoms with E-state index in [1.807, 2.05) is 13.0 Å². The van der Waals surface area contributed by atoms with E-state index in [1.165, 1.54) is 29.1 Å². The summed E-state index contributed by atoms with van der Waals surface area (Å²) in [6.07, 6.45) is 1.99. The minimum absolute atomic E-state index is 0.187. The highest BCUT2D eigenvalue weighted by molar-refractivity contribution is 6.31. The molecule has 1 aromatic carbocycles. The van der Waals surface area contributed by atoms with Crippen LogP contribution in [0.1, 0.15) is 18.2 Å². The zero-order valence-electron chi connectivity index (χ0n) is 11.8. The van der Waals surface area contributed by atoms with E-state index in [2.05, 4.69) is 10.3 Å². The molecule has 2 rings (SSSR count). The third-order valence-corrected chi connectivity index (χ3v) is 3.22. The number of aromatic nitrogens is 2. The number of halogens is 1. The molecule has 0 aliphatic rings. The molecule has 0 spiro atoms. The molecule has 1 amide bonds. The van der Waals surface area contributed by atoms with Crippen molar-refractivity contribution in [1.29, 1.82) is 5.26 Å². The first kappa shape index (κ1) is 15.7. The molecule has 7 heteroatoms. The molecular weight excluding hydrogens is 304 g/mol. The minimum atomic E-state index is -0.438. The van der Waals surface area contributed by atoms with E-state index in [0.29, 0.717) is 28.4 Å². The van der Waals surface area contributed by atoms with Gasteiger partial charge in [-0.1, -0.05) is 18.5 Å². The first-order valence-corrected chi connectivity index (χ1v) is 6.96. The second-order valence-electron chi connectivity index (χ2n) is 4.55. The fourth-order valence-electron chi connectivity index (χ4n) is 1.84. The summed E-state index contributed by atoms with van der Waals surface area (Å²) in [6.45, 7) is 1.70. The number of nitriles is 1. The van der Waals surface area contributed by atoms with Gasteiger partial charge in [0.2, 0.25) is 5.91 Å². The number of hydrogen-bond donors (Lipinski definition) is 1. The normalized spacial score (nSPS) is 10.0. The smallest absolute Gasteiger partial charge is 0.253 e. The molecule has 0 unspecified atom stereocenters. The van der Waals surface area contributed by atoms with Crippen LogP contribution in [-0.4, -0.2) is 15.5 Å². The number of aryl methyl sites for hydroxylation is 1. The van der Waals surface area contributed by atoms with Crippen LogP contribution in [0, 0.1) is 11.3 Å². The maximum Gasteiger partial charge on any atom is 0.253 e. The number of carbonyl (C=O) groups excluding carboxylic acids is 1. The zero-order valence-corrected chi connectivity index (χ0v) is 12.6. The summed E-state index contributed by atoms with van der Waals surface area (Å²) in [5, 5.41) is 12.0. The number of hydrogen-bond acceptors (Lipinski definition) is 4. The van der Waals surface area contributed by atoms with E-state index in [1.54, 1.807) is 6.07 Å². The molecule has 2 aromatic rings. The van der Waals surface area contributed by atoms with Crippen LogP contribution in [0.2, 0.25) is 5.02 Å². The summed E-state index contributed by atoms with van der Waals surface area (Å²) >= 11 is 5.85. The average Bonchev–Trinajstić information content (AvgIpc) is 2.49. The Morgan fingerprint density at radius 3 is 2.86 bits per heavy atom. The van der Waals surface area contributed by atoms with Crippen molar-refractivity contribution in [3.63, 3.8) is 0 Å². The maximum atomic E-state index is 12.0. The van der Waals surface area contributed by atoms with Crippen LogP contribution in [0.5, 0.6) is 0 Å². The van der Waals surface area contributed by atoms with Crippen LogP contribution >= 0.6 is 11.6 Å². The zero-order chi connectivity index (χ0) is 16.1. The van der Waals surface area contributed by atoms with Crippen molar-refractivity contribution < 1.29 is 4.79 Å². The van der Waals surface area contributed by atoms with Crippen LogP contribution < -0.4 is 10.9 Å². The number of nitrogens with zero attached hydrogens (tertiary/aromatic N) is 3. The summed E-state index contributed by atoms with van der Waals surface area (Å²) in [4.78, 5) is 27.9. The lowest BCUT2D eigenvalue weighted by atomic mass is 10.2. The van der Waals surface area contributed by atoms with Crippen molar-refractivity contribution >= 4 is 23.2 Å². The van der Waals surface area contributed by atoms with Crippen molar-refractivity contribution in [2.24, 2.45) is 0 Å². The van der Waals surface area contributed by atoms with Crippen molar-refractivity contribution in [2.45, 2.75) is 19.9 Å². The van der Waals surface area contributed by atoms with Crippen LogP contribution in [0.4, 0.5) is 5.69 Å². The van der Waals surface area contributed by atoms with Gasteiger partial charge < -0.3 is 5.32 Å². The molecule has 0 saturated heterocycles. The lowest BCUT2D eigenvalue weighted by Crippen LogP contribution is -2.28. The fourth-order valence-corrected chi connectivity index (χ4v) is 2.01. The molecule has 1 aromatic heterocycles. The molecule has 22 heavy (non-hydrogen) atoms. The van der Waals surface area contributed by atoms with Gasteiger partial charge in [-0.25, -0.2) is 4.98 Å². The number of amides is 1. The summed E-state index contributed by atoms with van der Waals surface area (Å²) < 4.78 is 1.20.